The average molecular weight is 259 g/mol. The molecule has 2 aliphatic rings. The van der Waals surface area contributed by atoms with E-state index in [-0.39, 0.29) is 0 Å². The number of rotatable bonds is 0. The summed E-state index contributed by atoms with van der Waals surface area (Å²) in [6, 6.07) is 10.8. The smallest absolute Gasteiger partial charge is 0.122 e. The minimum atomic E-state index is 0.815. The summed E-state index contributed by atoms with van der Waals surface area (Å²) in [5, 5.41) is 2.61. The summed E-state index contributed by atoms with van der Waals surface area (Å²) >= 11 is 0. The topological polar surface area (TPSA) is 22.1 Å². The predicted molar refractivity (Wildman–Crippen MR) is 79.2 cm³/mol. The number of aromatic nitrogens is 1. The van der Waals surface area contributed by atoms with E-state index in [1.54, 1.807) is 0 Å². The molecule has 0 spiro atoms. The van der Waals surface area contributed by atoms with Crippen LogP contribution in [0.15, 0.2) is 42.7 Å². The Labute approximate surface area is 117 Å². The summed E-state index contributed by atoms with van der Waals surface area (Å²) in [5.41, 5.74) is 6.86. The molecule has 1 aliphatic heterocycles. The van der Waals surface area contributed by atoms with E-state index in [1.165, 1.54) is 38.6 Å². The monoisotopic (exact) mass is 259 g/mol. The van der Waals surface area contributed by atoms with Crippen LogP contribution in [0.2, 0.25) is 0 Å². The van der Waals surface area contributed by atoms with Crippen LogP contribution in [-0.2, 0) is 12.8 Å². The van der Waals surface area contributed by atoms with Gasteiger partial charge in [0.25, 0.3) is 0 Å². The predicted octanol–water partition coefficient (Wildman–Crippen LogP) is 3.74. The van der Waals surface area contributed by atoms with Crippen molar-refractivity contribution >= 4 is 10.8 Å². The van der Waals surface area contributed by atoms with Crippen LogP contribution in [0.5, 0.6) is 5.75 Å². The number of benzene rings is 2. The summed E-state index contributed by atoms with van der Waals surface area (Å²) < 4.78 is 5.71. The molecule has 0 amide bonds. The number of fused-ring (bicyclic) bond motifs is 4. The number of ether oxygens (including phenoxy) is 1. The second kappa shape index (κ2) is 3.60. The van der Waals surface area contributed by atoms with E-state index in [0.29, 0.717) is 0 Å². The molecule has 2 heteroatoms. The van der Waals surface area contributed by atoms with E-state index < -0.39 is 0 Å². The Morgan fingerprint density at radius 2 is 1.95 bits per heavy atom. The summed E-state index contributed by atoms with van der Waals surface area (Å²) in [7, 11) is 0. The number of nitrogens with zero attached hydrogens (tertiary/aromatic N) is 1. The quantitative estimate of drug-likeness (QED) is 0.480. The molecule has 0 saturated heterocycles. The Morgan fingerprint density at radius 1 is 0.950 bits per heavy atom. The third-order valence-corrected chi connectivity index (χ3v) is 4.52. The maximum absolute atomic E-state index is 5.71. The van der Waals surface area contributed by atoms with Crippen molar-refractivity contribution in [3.8, 4) is 16.9 Å². The van der Waals surface area contributed by atoms with Crippen LogP contribution in [0.1, 0.15) is 16.7 Å². The van der Waals surface area contributed by atoms with Gasteiger partial charge in [-0.2, -0.15) is 0 Å². The summed E-state index contributed by atoms with van der Waals surface area (Å²) in [6.07, 6.45) is 6.01. The van der Waals surface area contributed by atoms with Crippen molar-refractivity contribution < 1.29 is 4.74 Å². The first kappa shape index (κ1) is 10.4. The number of hydrogen-bond acceptors (Lipinski definition) is 2. The molecule has 0 unspecified atom stereocenters. The van der Waals surface area contributed by atoms with Crippen molar-refractivity contribution in [2.24, 2.45) is 0 Å². The van der Waals surface area contributed by atoms with Gasteiger partial charge in [-0.1, -0.05) is 24.3 Å². The van der Waals surface area contributed by atoms with Gasteiger partial charge in [0.05, 0.1) is 6.61 Å². The maximum atomic E-state index is 5.71. The van der Waals surface area contributed by atoms with Crippen LogP contribution in [0.25, 0.3) is 21.9 Å². The maximum Gasteiger partial charge on any atom is 0.122 e. The van der Waals surface area contributed by atoms with Crippen LogP contribution >= 0.6 is 0 Å². The van der Waals surface area contributed by atoms with Crippen LogP contribution in [0, 0.1) is 0 Å². The Bertz CT molecular complexity index is 861. The average Bonchev–Trinajstić information content (AvgIpc) is 2.97. The van der Waals surface area contributed by atoms with Gasteiger partial charge in [0.1, 0.15) is 5.75 Å². The van der Waals surface area contributed by atoms with Crippen LogP contribution < -0.4 is 4.74 Å². The minimum Gasteiger partial charge on any atom is -0.493 e. The lowest BCUT2D eigenvalue weighted by Gasteiger charge is -2.22. The van der Waals surface area contributed by atoms with E-state index in [9.17, 15) is 0 Å². The molecule has 0 saturated carbocycles. The summed E-state index contributed by atoms with van der Waals surface area (Å²) in [6.45, 7) is 0.815. The molecule has 0 radical (unpaired) electrons. The molecule has 1 aromatic heterocycles. The second-order valence-electron chi connectivity index (χ2n) is 5.55. The van der Waals surface area contributed by atoms with E-state index >= 15 is 0 Å². The molecule has 0 N–H and O–H groups in total. The van der Waals surface area contributed by atoms with Gasteiger partial charge in [-0.15, -0.1) is 0 Å². The molecule has 3 aromatic rings. The Kier molecular flexibility index (Phi) is 1.88. The fourth-order valence-electron chi connectivity index (χ4n) is 3.65. The van der Waals surface area contributed by atoms with Crippen LogP contribution in [0.4, 0.5) is 0 Å². The lowest BCUT2D eigenvalue weighted by atomic mass is 9.82. The first-order chi connectivity index (χ1) is 9.92. The lowest BCUT2D eigenvalue weighted by molar-refractivity contribution is 0.357. The Hall–Kier alpha value is -2.35. The number of hydrogen-bond donors (Lipinski definition) is 0. The van der Waals surface area contributed by atoms with Gasteiger partial charge >= 0.3 is 0 Å². The van der Waals surface area contributed by atoms with Crippen molar-refractivity contribution in [3.63, 3.8) is 0 Å². The van der Waals surface area contributed by atoms with E-state index in [0.717, 1.165) is 25.2 Å². The molecular formula is C18H13NO. The molecule has 2 aromatic carbocycles. The molecule has 0 bridgehead atoms. The van der Waals surface area contributed by atoms with Crippen LogP contribution in [0.3, 0.4) is 0 Å². The van der Waals surface area contributed by atoms with Crippen molar-refractivity contribution in [3.05, 3.63) is 59.4 Å². The van der Waals surface area contributed by atoms with Gasteiger partial charge in [0.15, 0.2) is 0 Å². The summed E-state index contributed by atoms with van der Waals surface area (Å²) in [4.78, 5) is 4.42. The normalized spacial score (nSPS) is 14.8. The summed E-state index contributed by atoms with van der Waals surface area (Å²) in [5.74, 6) is 1.07. The highest BCUT2D eigenvalue weighted by atomic mass is 16.5. The van der Waals surface area contributed by atoms with Crippen molar-refractivity contribution in [1.82, 2.24) is 4.98 Å². The standard InChI is InChI=1S/C18H13NO/c1-2-11-8-15-13(4-5-17-14(15)6-7-20-17)16-10-19-9-12(3-1)18(11)16/h1-5,9-10H,6-8H2. The van der Waals surface area contributed by atoms with Crippen molar-refractivity contribution in [2.45, 2.75) is 12.8 Å². The zero-order valence-electron chi connectivity index (χ0n) is 11.0. The van der Waals surface area contributed by atoms with E-state index in [4.69, 9.17) is 4.74 Å². The van der Waals surface area contributed by atoms with Gasteiger partial charge in [-0.3, -0.25) is 4.98 Å². The molecule has 5 rings (SSSR count). The molecule has 20 heavy (non-hydrogen) atoms. The van der Waals surface area contributed by atoms with Gasteiger partial charge in [0, 0.05) is 35.3 Å². The van der Waals surface area contributed by atoms with Gasteiger partial charge < -0.3 is 4.74 Å². The van der Waals surface area contributed by atoms with Gasteiger partial charge in [-0.05, 0) is 34.6 Å². The molecule has 96 valence electrons. The fourth-order valence-corrected chi connectivity index (χ4v) is 3.65. The minimum absolute atomic E-state index is 0.815. The van der Waals surface area contributed by atoms with E-state index in [1.807, 2.05) is 12.4 Å². The van der Waals surface area contributed by atoms with Crippen LogP contribution in [-0.4, -0.2) is 11.6 Å². The number of pyridine rings is 1. The third-order valence-electron chi connectivity index (χ3n) is 4.52. The van der Waals surface area contributed by atoms with Gasteiger partial charge in [-0.25, -0.2) is 0 Å². The molecular weight excluding hydrogens is 246 g/mol. The highest BCUT2D eigenvalue weighted by Crippen LogP contribution is 2.43. The Morgan fingerprint density at radius 3 is 2.95 bits per heavy atom. The van der Waals surface area contributed by atoms with Crippen molar-refractivity contribution in [2.75, 3.05) is 6.61 Å². The van der Waals surface area contributed by atoms with Gasteiger partial charge in [0.2, 0.25) is 0 Å². The first-order valence-electron chi connectivity index (χ1n) is 7.05. The molecule has 0 atom stereocenters. The molecule has 1 aliphatic carbocycles. The molecule has 0 fully saturated rings. The van der Waals surface area contributed by atoms with E-state index in [2.05, 4.69) is 35.3 Å². The first-order valence-corrected chi connectivity index (χ1v) is 7.05. The highest BCUT2D eigenvalue weighted by molar-refractivity contribution is 6.01. The highest BCUT2D eigenvalue weighted by Gasteiger charge is 2.25. The van der Waals surface area contributed by atoms with Crippen molar-refractivity contribution in [1.29, 1.82) is 0 Å². The Balaban J connectivity index is 1.93. The molecule has 2 nitrogen and oxygen atoms in total. The second-order valence-corrected chi connectivity index (χ2v) is 5.55. The zero-order valence-corrected chi connectivity index (χ0v) is 11.0. The SMILES string of the molecule is c1cc2c3c(cncc3c1)-c1ccc3c(c1C2)CCO3. The third kappa shape index (κ3) is 1.21. The lowest BCUT2D eigenvalue weighted by Crippen LogP contribution is -2.04. The molecule has 2 heterocycles. The zero-order chi connectivity index (χ0) is 13.1. The fraction of sp³-hybridized carbons (Fsp3) is 0.167. The largest absolute Gasteiger partial charge is 0.493 e.